The van der Waals surface area contributed by atoms with Crippen LogP contribution in [0.2, 0.25) is 0 Å². The van der Waals surface area contributed by atoms with Crippen LogP contribution in [0.25, 0.3) is 11.1 Å². The minimum Gasteiger partial charge on any atom is -0.497 e. The number of nitrogens with one attached hydrogen (secondary N) is 3. The summed E-state index contributed by atoms with van der Waals surface area (Å²) < 4.78 is 5.29. The molecule has 0 aliphatic heterocycles. The number of H-pyrrole nitrogens is 1. The van der Waals surface area contributed by atoms with Gasteiger partial charge >= 0.3 is 0 Å². The van der Waals surface area contributed by atoms with Crippen LogP contribution in [-0.4, -0.2) is 60.1 Å². The van der Waals surface area contributed by atoms with Crippen LogP contribution < -0.4 is 15.4 Å². The first-order valence-corrected chi connectivity index (χ1v) is 9.60. The van der Waals surface area contributed by atoms with Crippen molar-refractivity contribution in [3.05, 3.63) is 66.5 Å². The number of ether oxygens (including phenoxy) is 1. The number of hydrogen-bond donors (Lipinski definition) is 4. The van der Waals surface area contributed by atoms with Gasteiger partial charge in [0.05, 0.1) is 13.3 Å². The topological polar surface area (TPSA) is 103 Å². The second-order valence-corrected chi connectivity index (χ2v) is 7.12. The van der Waals surface area contributed by atoms with E-state index in [0.29, 0.717) is 11.4 Å². The van der Waals surface area contributed by atoms with E-state index in [1.165, 1.54) is 0 Å². The van der Waals surface area contributed by atoms with E-state index in [0.717, 1.165) is 16.7 Å². The van der Waals surface area contributed by atoms with E-state index in [2.05, 4.69) is 20.8 Å². The first-order valence-electron chi connectivity index (χ1n) is 9.60. The molecule has 0 aliphatic rings. The molecule has 158 valence electrons. The lowest BCUT2D eigenvalue weighted by Gasteiger charge is -2.24. The number of carbonyl (C=O) groups excluding carboxylic acids is 1. The van der Waals surface area contributed by atoms with Gasteiger partial charge in [-0.1, -0.05) is 24.3 Å². The molecular weight excluding hydrogens is 382 g/mol. The maximum absolute atomic E-state index is 13.1. The lowest BCUT2D eigenvalue weighted by Crippen LogP contribution is -2.42. The zero-order chi connectivity index (χ0) is 21.5. The van der Waals surface area contributed by atoms with Gasteiger partial charge in [-0.15, -0.1) is 0 Å². The highest BCUT2D eigenvalue weighted by molar-refractivity contribution is 5.95. The normalized spacial score (nSPS) is 13.1. The Kier molecular flexibility index (Phi) is 7.18. The Bertz CT molecular complexity index is 942. The van der Waals surface area contributed by atoms with Gasteiger partial charge < -0.3 is 15.2 Å². The molecule has 1 amide bonds. The molecule has 3 aromatic rings. The van der Waals surface area contributed by atoms with Crippen LogP contribution in [0.4, 0.5) is 5.69 Å². The molecule has 0 bridgehead atoms. The van der Waals surface area contributed by atoms with Gasteiger partial charge in [-0.25, -0.2) is 0 Å². The van der Waals surface area contributed by atoms with E-state index < -0.39 is 12.3 Å². The first-order chi connectivity index (χ1) is 14.5. The number of carbonyl (C=O) groups is 1. The number of amides is 1. The van der Waals surface area contributed by atoms with Gasteiger partial charge in [-0.3, -0.25) is 20.1 Å². The Morgan fingerprint density at radius 1 is 1.20 bits per heavy atom. The minimum atomic E-state index is -0.722. The zero-order valence-electron chi connectivity index (χ0n) is 17.3. The highest BCUT2D eigenvalue weighted by Gasteiger charge is 2.22. The summed E-state index contributed by atoms with van der Waals surface area (Å²) in [7, 11) is 5.13. The van der Waals surface area contributed by atoms with Gasteiger partial charge in [-0.2, -0.15) is 5.10 Å². The van der Waals surface area contributed by atoms with E-state index in [-0.39, 0.29) is 12.5 Å². The van der Waals surface area contributed by atoms with Gasteiger partial charge in [0.2, 0.25) is 5.91 Å². The second kappa shape index (κ2) is 10.0. The smallest absolute Gasteiger partial charge is 0.246 e. The molecule has 2 unspecified atom stereocenters. The van der Waals surface area contributed by atoms with Crippen LogP contribution in [0.5, 0.6) is 5.75 Å². The third-order valence-corrected chi connectivity index (χ3v) is 4.77. The monoisotopic (exact) mass is 409 g/mol. The standard InChI is InChI=1S/C22H27N5O3/c1-27(2)20(28)14-23-21(16-5-4-6-19(11-16)30-3)22(29)26-18-9-7-15(8-10-18)17-12-24-25-13-17/h4-13,20-21,23,28H,14H2,1-3H3,(H,24,25)(H,26,29). The van der Waals surface area contributed by atoms with Crippen molar-refractivity contribution in [2.75, 3.05) is 33.1 Å². The fourth-order valence-corrected chi connectivity index (χ4v) is 2.96. The number of aliphatic hydroxyl groups excluding tert-OH is 1. The minimum absolute atomic E-state index is 0.224. The first kappa shape index (κ1) is 21.5. The van der Waals surface area contributed by atoms with Gasteiger partial charge in [0.25, 0.3) is 0 Å². The summed E-state index contributed by atoms with van der Waals surface area (Å²) in [4.78, 5) is 14.8. The van der Waals surface area contributed by atoms with E-state index in [1.807, 2.05) is 48.7 Å². The highest BCUT2D eigenvalue weighted by Crippen LogP contribution is 2.23. The van der Waals surface area contributed by atoms with Gasteiger partial charge in [0.15, 0.2) is 0 Å². The van der Waals surface area contributed by atoms with Crippen molar-refractivity contribution in [3.63, 3.8) is 0 Å². The Morgan fingerprint density at radius 2 is 1.97 bits per heavy atom. The summed E-state index contributed by atoms with van der Waals surface area (Å²) in [5, 5.41) is 22.9. The summed E-state index contributed by atoms with van der Waals surface area (Å²) in [5.41, 5.74) is 3.39. The number of hydrogen-bond acceptors (Lipinski definition) is 6. The van der Waals surface area contributed by atoms with Crippen molar-refractivity contribution in [1.29, 1.82) is 0 Å². The van der Waals surface area contributed by atoms with Crippen LogP contribution in [0.15, 0.2) is 60.9 Å². The molecule has 1 heterocycles. The van der Waals surface area contributed by atoms with E-state index >= 15 is 0 Å². The summed E-state index contributed by atoms with van der Waals surface area (Å²) in [6.45, 7) is 0.224. The SMILES string of the molecule is COc1cccc(C(NCC(O)N(C)C)C(=O)Nc2ccc(-c3cn[nH]c3)cc2)c1. The molecule has 8 nitrogen and oxygen atoms in total. The fraction of sp³-hybridized carbons (Fsp3) is 0.273. The molecule has 3 rings (SSSR count). The number of methoxy groups -OCH3 is 1. The summed E-state index contributed by atoms with van der Waals surface area (Å²) in [6, 6.07) is 14.2. The average molecular weight is 409 g/mol. The number of anilines is 1. The Hall–Kier alpha value is -3.20. The predicted octanol–water partition coefficient (Wildman–Crippen LogP) is 2.23. The van der Waals surface area contributed by atoms with Crippen LogP contribution in [0.1, 0.15) is 11.6 Å². The van der Waals surface area contributed by atoms with Gasteiger partial charge in [-0.05, 0) is 49.5 Å². The second-order valence-electron chi connectivity index (χ2n) is 7.12. The molecule has 0 saturated carbocycles. The fourth-order valence-electron chi connectivity index (χ4n) is 2.96. The number of aromatic amines is 1. The van der Waals surface area contributed by atoms with Crippen molar-refractivity contribution in [2.45, 2.75) is 12.3 Å². The number of aliphatic hydroxyl groups is 1. The van der Waals surface area contributed by atoms with Crippen molar-refractivity contribution < 1.29 is 14.6 Å². The lowest BCUT2D eigenvalue weighted by molar-refractivity contribution is -0.118. The third kappa shape index (κ3) is 5.44. The van der Waals surface area contributed by atoms with E-state index in [9.17, 15) is 9.90 Å². The van der Waals surface area contributed by atoms with Crippen molar-refractivity contribution >= 4 is 11.6 Å². The molecule has 2 atom stereocenters. The molecule has 0 fully saturated rings. The summed E-state index contributed by atoms with van der Waals surface area (Å²) >= 11 is 0. The molecule has 1 aromatic heterocycles. The molecule has 30 heavy (non-hydrogen) atoms. The molecule has 8 heteroatoms. The number of likely N-dealkylation sites (N-methyl/N-ethyl adjacent to an activating group) is 1. The highest BCUT2D eigenvalue weighted by atomic mass is 16.5. The largest absolute Gasteiger partial charge is 0.497 e. The van der Waals surface area contributed by atoms with Crippen LogP contribution >= 0.6 is 0 Å². The summed E-state index contributed by atoms with van der Waals surface area (Å²) in [5.74, 6) is 0.426. The maximum atomic E-state index is 13.1. The Balaban J connectivity index is 1.76. The van der Waals surface area contributed by atoms with E-state index in [4.69, 9.17) is 4.74 Å². The Morgan fingerprint density at radius 3 is 2.60 bits per heavy atom. The zero-order valence-corrected chi connectivity index (χ0v) is 17.3. The van der Waals surface area contributed by atoms with Gasteiger partial charge in [0, 0.05) is 24.0 Å². The number of benzene rings is 2. The molecule has 2 aromatic carbocycles. The van der Waals surface area contributed by atoms with Crippen molar-refractivity contribution in [1.82, 2.24) is 20.4 Å². The lowest BCUT2D eigenvalue weighted by atomic mass is 10.0. The van der Waals surface area contributed by atoms with Crippen molar-refractivity contribution in [2.24, 2.45) is 0 Å². The number of rotatable bonds is 9. The number of aromatic nitrogens is 2. The molecule has 0 aliphatic carbocycles. The van der Waals surface area contributed by atoms with Crippen LogP contribution in [-0.2, 0) is 4.79 Å². The van der Waals surface area contributed by atoms with Crippen LogP contribution in [0.3, 0.4) is 0 Å². The quantitative estimate of drug-likeness (QED) is 0.404. The van der Waals surface area contributed by atoms with Crippen LogP contribution in [0, 0.1) is 0 Å². The van der Waals surface area contributed by atoms with Gasteiger partial charge in [0.1, 0.15) is 18.0 Å². The molecular formula is C22H27N5O3. The average Bonchev–Trinajstić information content (AvgIpc) is 3.29. The Labute approximate surface area is 175 Å². The van der Waals surface area contributed by atoms with Crippen molar-refractivity contribution in [3.8, 4) is 16.9 Å². The summed E-state index contributed by atoms with van der Waals surface area (Å²) in [6.07, 6.45) is 2.83. The molecule has 4 N–H and O–H groups in total. The molecule has 0 spiro atoms. The maximum Gasteiger partial charge on any atom is 0.246 e. The van der Waals surface area contributed by atoms with E-state index in [1.54, 1.807) is 38.4 Å². The molecule has 0 saturated heterocycles. The predicted molar refractivity (Wildman–Crippen MR) is 116 cm³/mol. The molecule has 0 radical (unpaired) electrons. The third-order valence-electron chi connectivity index (χ3n) is 4.77. The number of nitrogens with zero attached hydrogens (tertiary/aromatic N) is 2.